The minimum atomic E-state index is -3.79. The molecule has 0 fully saturated rings. The monoisotopic (exact) mass is 376 g/mol. The van der Waals surface area contributed by atoms with Crippen LogP contribution in [-0.2, 0) is 10.0 Å². The standard InChI is InChI=1S/C19H24N2O4S/c1-13(2)21-26(23,24)18-12-16(10-11-17(18)25-4)19(22)20-14(3)15-8-6-5-7-9-15/h5-14,21H,1-4H3,(H,20,22). The summed E-state index contributed by atoms with van der Waals surface area (Å²) in [6.45, 7) is 5.32. The van der Waals surface area contributed by atoms with Crippen molar-refractivity contribution in [1.82, 2.24) is 10.0 Å². The average Bonchev–Trinajstić information content (AvgIpc) is 2.60. The smallest absolute Gasteiger partial charge is 0.251 e. The Balaban J connectivity index is 2.30. The summed E-state index contributed by atoms with van der Waals surface area (Å²) < 4.78 is 32.7. The second kappa shape index (κ2) is 8.33. The fraction of sp³-hybridized carbons (Fsp3) is 0.316. The van der Waals surface area contributed by atoms with E-state index in [1.165, 1.54) is 19.2 Å². The van der Waals surface area contributed by atoms with Gasteiger partial charge in [0.1, 0.15) is 10.6 Å². The van der Waals surface area contributed by atoms with Crippen LogP contribution in [0.4, 0.5) is 0 Å². The summed E-state index contributed by atoms with van der Waals surface area (Å²) in [5.74, 6) is -0.171. The van der Waals surface area contributed by atoms with Gasteiger partial charge in [-0.1, -0.05) is 30.3 Å². The van der Waals surface area contributed by atoms with E-state index in [-0.39, 0.29) is 34.2 Å². The first-order chi connectivity index (χ1) is 12.2. The Morgan fingerprint density at radius 3 is 2.27 bits per heavy atom. The van der Waals surface area contributed by atoms with E-state index in [4.69, 9.17) is 4.74 Å². The Hall–Kier alpha value is -2.38. The van der Waals surface area contributed by atoms with E-state index in [9.17, 15) is 13.2 Å². The molecule has 0 aliphatic heterocycles. The van der Waals surface area contributed by atoms with Crippen molar-refractivity contribution >= 4 is 15.9 Å². The van der Waals surface area contributed by atoms with E-state index in [1.54, 1.807) is 19.9 Å². The third kappa shape index (κ3) is 4.83. The van der Waals surface area contributed by atoms with E-state index in [0.717, 1.165) is 5.56 Å². The lowest BCUT2D eigenvalue weighted by Crippen LogP contribution is -2.31. The molecule has 0 aliphatic rings. The van der Waals surface area contributed by atoms with Gasteiger partial charge in [-0.2, -0.15) is 0 Å². The van der Waals surface area contributed by atoms with Gasteiger partial charge >= 0.3 is 0 Å². The number of hydrogen-bond donors (Lipinski definition) is 2. The Kier molecular flexibility index (Phi) is 6.39. The van der Waals surface area contributed by atoms with Crippen LogP contribution in [0.1, 0.15) is 42.7 Å². The number of ether oxygens (including phenoxy) is 1. The van der Waals surface area contributed by atoms with Crippen molar-refractivity contribution in [3.05, 3.63) is 59.7 Å². The molecule has 0 saturated heterocycles. The van der Waals surface area contributed by atoms with Gasteiger partial charge in [-0.15, -0.1) is 0 Å². The quantitative estimate of drug-likeness (QED) is 0.778. The van der Waals surface area contributed by atoms with Gasteiger partial charge in [-0.25, -0.2) is 13.1 Å². The van der Waals surface area contributed by atoms with Crippen LogP contribution in [0.5, 0.6) is 5.75 Å². The van der Waals surface area contributed by atoms with Crippen LogP contribution in [0.15, 0.2) is 53.4 Å². The van der Waals surface area contributed by atoms with Gasteiger partial charge in [0.25, 0.3) is 5.91 Å². The summed E-state index contributed by atoms with van der Waals surface area (Å²) in [6, 6.07) is 13.4. The molecule has 1 unspecified atom stereocenters. The van der Waals surface area contributed by atoms with E-state index in [0.29, 0.717) is 0 Å². The van der Waals surface area contributed by atoms with Crippen molar-refractivity contribution in [3.63, 3.8) is 0 Å². The van der Waals surface area contributed by atoms with E-state index in [2.05, 4.69) is 10.0 Å². The molecule has 0 heterocycles. The molecule has 6 nitrogen and oxygen atoms in total. The topological polar surface area (TPSA) is 84.5 Å². The first kappa shape index (κ1) is 19.9. The van der Waals surface area contributed by atoms with Gasteiger partial charge in [0.15, 0.2) is 0 Å². The van der Waals surface area contributed by atoms with Gasteiger partial charge in [0, 0.05) is 11.6 Å². The number of sulfonamides is 1. The molecule has 0 saturated carbocycles. The number of carbonyl (C=O) groups is 1. The predicted octanol–water partition coefficient (Wildman–Crippen LogP) is 2.87. The Morgan fingerprint density at radius 2 is 1.69 bits per heavy atom. The molecule has 26 heavy (non-hydrogen) atoms. The average molecular weight is 376 g/mol. The highest BCUT2D eigenvalue weighted by atomic mass is 32.2. The van der Waals surface area contributed by atoms with E-state index in [1.807, 2.05) is 37.3 Å². The molecule has 0 bridgehead atoms. The maximum atomic E-state index is 12.6. The minimum absolute atomic E-state index is 0.0614. The van der Waals surface area contributed by atoms with Gasteiger partial charge < -0.3 is 10.1 Å². The lowest BCUT2D eigenvalue weighted by atomic mass is 10.1. The highest BCUT2D eigenvalue weighted by Crippen LogP contribution is 2.25. The number of hydrogen-bond acceptors (Lipinski definition) is 4. The number of rotatable bonds is 7. The van der Waals surface area contributed by atoms with Gasteiger partial charge in [-0.3, -0.25) is 4.79 Å². The summed E-state index contributed by atoms with van der Waals surface area (Å²) in [6.07, 6.45) is 0. The van der Waals surface area contributed by atoms with Crippen LogP contribution in [0, 0.1) is 0 Å². The Labute approximate surface area is 154 Å². The highest BCUT2D eigenvalue weighted by Gasteiger charge is 2.23. The molecule has 1 atom stereocenters. The van der Waals surface area contributed by atoms with Gasteiger partial charge in [0.2, 0.25) is 10.0 Å². The molecule has 0 spiro atoms. The third-order valence-electron chi connectivity index (χ3n) is 3.75. The molecule has 0 radical (unpaired) electrons. The minimum Gasteiger partial charge on any atom is -0.495 e. The zero-order valence-corrected chi connectivity index (χ0v) is 16.1. The molecule has 0 aliphatic carbocycles. The van der Waals surface area contributed by atoms with Crippen molar-refractivity contribution in [2.45, 2.75) is 37.8 Å². The van der Waals surface area contributed by atoms with Crippen molar-refractivity contribution in [2.24, 2.45) is 0 Å². The molecule has 140 valence electrons. The zero-order chi connectivity index (χ0) is 19.3. The van der Waals surface area contributed by atoms with Crippen LogP contribution in [-0.4, -0.2) is 27.5 Å². The summed E-state index contributed by atoms with van der Waals surface area (Å²) in [4.78, 5) is 12.5. The van der Waals surface area contributed by atoms with Crippen molar-refractivity contribution in [1.29, 1.82) is 0 Å². The van der Waals surface area contributed by atoms with Crippen LogP contribution >= 0.6 is 0 Å². The Morgan fingerprint density at radius 1 is 1.04 bits per heavy atom. The molecule has 2 rings (SSSR count). The SMILES string of the molecule is COc1ccc(C(=O)NC(C)c2ccccc2)cc1S(=O)(=O)NC(C)C. The summed E-state index contributed by atoms with van der Waals surface area (Å²) in [7, 11) is -2.40. The summed E-state index contributed by atoms with van der Waals surface area (Å²) in [5.41, 5.74) is 1.21. The first-order valence-corrected chi connectivity index (χ1v) is 9.79. The number of benzene rings is 2. The predicted molar refractivity (Wildman–Crippen MR) is 101 cm³/mol. The summed E-state index contributed by atoms with van der Waals surface area (Å²) in [5, 5.41) is 2.87. The fourth-order valence-electron chi connectivity index (χ4n) is 2.51. The van der Waals surface area contributed by atoms with Crippen LogP contribution in [0.2, 0.25) is 0 Å². The van der Waals surface area contributed by atoms with Crippen molar-refractivity contribution in [2.75, 3.05) is 7.11 Å². The normalized spacial score (nSPS) is 12.7. The number of carbonyl (C=O) groups excluding carboxylic acids is 1. The molecular weight excluding hydrogens is 352 g/mol. The molecule has 0 aromatic heterocycles. The molecule has 2 aromatic rings. The van der Waals surface area contributed by atoms with Crippen molar-refractivity contribution in [3.8, 4) is 5.75 Å². The molecule has 7 heteroatoms. The van der Waals surface area contributed by atoms with E-state index < -0.39 is 10.0 Å². The Bertz CT molecular complexity index is 864. The lowest BCUT2D eigenvalue weighted by molar-refractivity contribution is 0.0939. The number of methoxy groups -OCH3 is 1. The number of nitrogens with one attached hydrogen (secondary N) is 2. The fourth-order valence-corrected chi connectivity index (χ4v) is 3.95. The van der Waals surface area contributed by atoms with Crippen molar-refractivity contribution < 1.29 is 17.9 Å². The number of amides is 1. The van der Waals surface area contributed by atoms with Gasteiger partial charge in [0.05, 0.1) is 13.2 Å². The van der Waals surface area contributed by atoms with Crippen LogP contribution in [0.3, 0.4) is 0 Å². The first-order valence-electron chi connectivity index (χ1n) is 8.30. The highest BCUT2D eigenvalue weighted by molar-refractivity contribution is 7.89. The molecule has 2 N–H and O–H groups in total. The largest absolute Gasteiger partial charge is 0.495 e. The molecular formula is C19H24N2O4S. The third-order valence-corrected chi connectivity index (χ3v) is 5.43. The zero-order valence-electron chi connectivity index (χ0n) is 15.3. The molecule has 1 amide bonds. The molecule has 2 aromatic carbocycles. The van der Waals surface area contributed by atoms with E-state index >= 15 is 0 Å². The summed E-state index contributed by atoms with van der Waals surface area (Å²) >= 11 is 0. The maximum absolute atomic E-state index is 12.6. The lowest BCUT2D eigenvalue weighted by Gasteiger charge is -2.16. The maximum Gasteiger partial charge on any atom is 0.251 e. The van der Waals surface area contributed by atoms with Crippen LogP contribution < -0.4 is 14.8 Å². The second-order valence-electron chi connectivity index (χ2n) is 6.25. The second-order valence-corrected chi connectivity index (χ2v) is 7.93. The van der Waals surface area contributed by atoms with Gasteiger partial charge in [-0.05, 0) is 44.5 Å². The van der Waals surface area contributed by atoms with Crippen LogP contribution in [0.25, 0.3) is 0 Å².